The Morgan fingerprint density at radius 2 is 2.13 bits per heavy atom. The molecule has 1 aromatic carbocycles. The highest BCUT2D eigenvalue weighted by atomic mass is 32.2. The first-order valence-corrected chi connectivity index (χ1v) is 8.98. The van der Waals surface area contributed by atoms with Gasteiger partial charge in [0, 0.05) is 33.5 Å². The van der Waals surface area contributed by atoms with Gasteiger partial charge in [0.15, 0.2) is 0 Å². The predicted octanol–water partition coefficient (Wildman–Crippen LogP) is 4.07. The molecule has 23 heavy (non-hydrogen) atoms. The van der Waals surface area contributed by atoms with Gasteiger partial charge in [-0.15, -0.1) is 0 Å². The Balaban J connectivity index is 2.21. The molecule has 0 saturated heterocycles. The van der Waals surface area contributed by atoms with Crippen LogP contribution in [0.1, 0.15) is 43.7 Å². The molecule has 0 bridgehead atoms. The largest absolute Gasteiger partial charge is 0.418 e. The monoisotopic (exact) mass is 344 g/mol. The Bertz CT molecular complexity index is 625. The molecule has 2 rings (SSSR count). The van der Waals surface area contributed by atoms with Crippen molar-refractivity contribution < 1.29 is 17.4 Å². The molecule has 3 atom stereocenters. The minimum Gasteiger partial charge on any atom is -0.382 e. The van der Waals surface area contributed by atoms with E-state index < -0.39 is 22.5 Å². The molecule has 0 heterocycles. The van der Waals surface area contributed by atoms with Gasteiger partial charge in [0.2, 0.25) is 0 Å². The van der Waals surface area contributed by atoms with Crippen molar-refractivity contribution in [2.45, 2.75) is 50.1 Å². The molecule has 3 nitrogen and oxygen atoms in total. The van der Waals surface area contributed by atoms with Gasteiger partial charge in [-0.25, -0.2) is 0 Å². The van der Waals surface area contributed by atoms with Crippen molar-refractivity contribution in [1.29, 1.82) is 5.26 Å². The summed E-state index contributed by atoms with van der Waals surface area (Å²) < 4.78 is 51.3. The second-order valence-electron chi connectivity index (χ2n) is 5.67. The van der Waals surface area contributed by atoms with Crippen LogP contribution in [0.3, 0.4) is 0 Å². The lowest BCUT2D eigenvalue weighted by atomic mass is 9.94. The lowest BCUT2D eigenvalue weighted by Gasteiger charge is -2.30. The Morgan fingerprint density at radius 3 is 2.74 bits per heavy atom. The molecule has 0 aliphatic heterocycles. The van der Waals surface area contributed by atoms with Gasteiger partial charge in [-0.1, -0.05) is 13.3 Å². The molecule has 3 unspecified atom stereocenters. The van der Waals surface area contributed by atoms with E-state index in [2.05, 4.69) is 5.32 Å². The normalized spacial score (nSPS) is 23.1. The SMILES string of the molecule is CCS(=O)C1CCCC(Nc2cc(C#N)ccc2C(F)(F)F)C1. The number of nitrogens with zero attached hydrogens (tertiary/aromatic N) is 1. The second kappa shape index (κ2) is 7.35. The van der Waals surface area contributed by atoms with Crippen molar-refractivity contribution >= 4 is 16.5 Å². The molecule has 0 spiro atoms. The van der Waals surface area contributed by atoms with Gasteiger partial charge < -0.3 is 5.32 Å². The van der Waals surface area contributed by atoms with E-state index in [-0.39, 0.29) is 22.5 Å². The van der Waals surface area contributed by atoms with Crippen molar-refractivity contribution in [3.63, 3.8) is 0 Å². The molecule has 1 saturated carbocycles. The summed E-state index contributed by atoms with van der Waals surface area (Å²) in [7, 11) is -0.935. The van der Waals surface area contributed by atoms with Crippen molar-refractivity contribution in [3.8, 4) is 6.07 Å². The average molecular weight is 344 g/mol. The van der Waals surface area contributed by atoms with Crippen LogP contribution in [0, 0.1) is 11.3 Å². The lowest BCUT2D eigenvalue weighted by Crippen LogP contribution is -2.33. The van der Waals surface area contributed by atoms with Gasteiger partial charge in [-0.05, 0) is 37.5 Å². The number of anilines is 1. The third-order valence-electron chi connectivity index (χ3n) is 4.10. The highest BCUT2D eigenvalue weighted by Crippen LogP contribution is 2.36. The smallest absolute Gasteiger partial charge is 0.382 e. The summed E-state index contributed by atoms with van der Waals surface area (Å²) in [5.41, 5.74) is -0.648. The van der Waals surface area contributed by atoms with Gasteiger partial charge in [0.05, 0.1) is 17.2 Å². The molecule has 7 heteroatoms. The minimum absolute atomic E-state index is 0.0275. The first-order chi connectivity index (χ1) is 10.8. The first kappa shape index (κ1) is 17.8. The van der Waals surface area contributed by atoms with Crippen molar-refractivity contribution in [2.75, 3.05) is 11.1 Å². The van der Waals surface area contributed by atoms with Crippen LogP contribution in [0.2, 0.25) is 0 Å². The Morgan fingerprint density at radius 1 is 1.39 bits per heavy atom. The second-order valence-corrected chi connectivity index (χ2v) is 7.67. The fraction of sp³-hybridized carbons (Fsp3) is 0.562. The Labute approximate surface area is 136 Å². The van der Waals surface area contributed by atoms with Crippen LogP contribution < -0.4 is 5.32 Å². The molecule has 1 aliphatic rings. The topological polar surface area (TPSA) is 52.9 Å². The number of halogens is 3. The zero-order valence-corrected chi connectivity index (χ0v) is 13.6. The number of hydrogen-bond donors (Lipinski definition) is 1. The first-order valence-electron chi connectivity index (χ1n) is 7.60. The molecule has 1 fully saturated rings. The molecule has 0 amide bonds. The van der Waals surface area contributed by atoms with Crippen LogP contribution in [-0.2, 0) is 17.0 Å². The predicted molar refractivity (Wildman–Crippen MR) is 84.5 cm³/mol. The molecule has 0 aromatic heterocycles. The summed E-state index contributed by atoms with van der Waals surface area (Å²) in [6, 6.07) is 5.06. The van der Waals surface area contributed by atoms with Gasteiger partial charge in [-0.2, -0.15) is 18.4 Å². The molecular formula is C16H19F3N2OS. The van der Waals surface area contributed by atoms with E-state index in [4.69, 9.17) is 5.26 Å². The lowest BCUT2D eigenvalue weighted by molar-refractivity contribution is -0.137. The van der Waals surface area contributed by atoms with E-state index in [0.717, 1.165) is 25.3 Å². The van der Waals surface area contributed by atoms with Crippen LogP contribution in [0.25, 0.3) is 0 Å². The van der Waals surface area contributed by atoms with Crippen LogP contribution in [0.15, 0.2) is 18.2 Å². The maximum atomic E-state index is 13.1. The highest BCUT2D eigenvalue weighted by molar-refractivity contribution is 7.85. The van der Waals surface area contributed by atoms with Crippen molar-refractivity contribution in [3.05, 3.63) is 29.3 Å². The van der Waals surface area contributed by atoms with Crippen LogP contribution in [-0.4, -0.2) is 21.3 Å². The number of nitriles is 1. The summed E-state index contributed by atoms with van der Waals surface area (Å²) in [6.45, 7) is 1.85. The maximum Gasteiger partial charge on any atom is 0.418 e. The molecule has 0 radical (unpaired) electrons. The summed E-state index contributed by atoms with van der Waals surface area (Å²) in [5.74, 6) is 0.565. The Hall–Kier alpha value is -1.55. The third kappa shape index (κ3) is 4.47. The van der Waals surface area contributed by atoms with Gasteiger partial charge >= 0.3 is 6.18 Å². The summed E-state index contributed by atoms with van der Waals surface area (Å²) in [4.78, 5) is 0. The molecule has 1 aliphatic carbocycles. The minimum atomic E-state index is -4.48. The van der Waals surface area contributed by atoms with Gasteiger partial charge in [-0.3, -0.25) is 4.21 Å². The standard InChI is InChI=1S/C16H19F3N2OS/c1-2-23(22)13-5-3-4-12(9-13)21-15-8-11(10-20)6-7-14(15)16(17,18)19/h6-8,12-13,21H,2-5,9H2,1H3. The number of alkyl halides is 3. The highest BCUT2D eigenvalue weighted by Gasteiger charge is 2.35. The summed E-state index contributed by atoms with van der Waals surface area (Å²) in [5, 5.41) is 11.9. The zero-order valence-electron chi connectivity index (χ0n) is 12.8. The van der Waals surface area contributed by atoms with Gasteiger partial charge in [0.1, 0.15) is 0 Å². The maximum absolute atomic E-state index is 13.1. The summed E-state index contributed by atoms with van der Waals surface area (Å²) >= 11 is 0. The van der Waals surface area contributed by atoms with Crippen LogP contribution >= 0.6 is 0 Å². The summed E-state index contributed by atoms with van der Waals surface area (Å²) in [6.07, 6.45) is -1.45. The number of rotatable bonds is 4. The molecule has 1 aromatic rings. The Kier molecular flexibility index (Phi) is 5.69. The van der Waals surface area contributed by atoms with E-state index in [1.165, 1.54) is 12.1 Å². The quantitative estimate of drug-likeness (QED) is 0.896. The van der Waals surface area contributed by atoms with E-state index in [9.17, 15) is 17.4 Å². The van der Waals surface area contributed by atoms with E-state index in [1.54, 1.807) is 0 Å². The van der Waals surface area contributed by atoms with E-state index in [0.29, 0.717) is 12.2 Å². The van der Waals surface area contributed by atoms with Crippen LogP contribution in [0.4, 0.5) is 18.9 Å². The molecular weight excluding hydrogens is 325 g/mol. The van der Waals surface area contributed by atoms with Crippen LogP contribution in [0.5, 0.6) is 0 Å². The molecule has 126 valence electrons. The average Bonchev–Trinajstić information content (AvgIpc) is 2.53. The number of hydrogen-bond acceptors (Lipinski definition) is 3. The third-order valence-corrected chi connectivity index (χ3v) is 5.84. The fourth-order valence-corrected chi connectivity index (χ4v) is 4.30. The van der Waals surface area contributed by atoms with E-state index in [1.807, 2.05) is 13.0 Å². The molecule has 1 N–H and O–H groups in total. The van der Waals surface area contributed by atoms with Crippen molar-refractivity contribution in [2.24, 2.45) is 0 Å². The van der Waals surface area contributed by atoms with E-state index >= 15 is 0 Å². The zero-order chi connectivity index (χ0) is 17.0. The number of nitrogens with one attached hydrogen (secondary N) is 1. The number of benzene rings is 1. The van der Waals surface area contributed by atoms with Gasteiger partial charge in [0.25, 0.3) is 0 Å². The van der Waals surface area contributed by atoms with Crippen molar-refractivity contribution in [1.82, 2.24) is 0 Å². The fourth-order valence-electron chi connectivity index (χ4n) is 2.95.